The summed E-state index contributed by atoms with van der Waals surface area (Å²) in [5.74, 6) is -1.98. The van der Waals surface area contributed by atoms with E-state index >= 15 is 0 Å². The number of esters is 2. The molecule has 0 amide bonds. The topological polar surface area (TPSA) is 108 Å². The van der Waals surface area contributed by atoms with E-state index in [1.54, 1.807) is 0 Å². The zero-order chi connectivity index (χ0) is 69.0. The summed E-state index contributed by atoms with van der Waals surface area (Å²) in [6.07, 6.45) is 99.7. The lowest BCUT2D eigenvalue weighted by atomic mass is 10.0. The van der Waals surface area contributed by atoms with E-state index in [0.717, 1.165) is 70.6 Å². The number of carbonyl (C=O) groups excluding carboxylic acids is 2. The van der Waals surface area contributed by atoms with Gasteiger partial charge in [0.2, 0.25) is 0 Å². The second-order valence-corrected chi connectivity index (χ2v) is 29.4. The first-order chi connectivity index (χ1) is 46.6. The third-order valence-electron chi connectivity index (χ3n) is 18.8. The number of aliphatic carboxylic acids is 1. The van der Waals surface area contributed by atoms with Gasteiger partial charge in [0.15, 0.2) is 6.10 Å². The SMILES string of the molecule is CC/C=C\C/C=C\C/C=C\C/C=C\C/C=C\CCCCCCCCCCCCCCCCCCCC(=O)OC(COC(=O)CCCCCCCCCCCCCCCCCCCCCCCCCCCCCCCCCCCCCCC)COC(OCC[N+](C)(C)C)C(=O)O. The number of rotatable bonds is 78. The second kappa shape index (κ2) is 76.7. The highest BCUT2D eigenvalue weighted by Gasteiger charge is 2.25. The Bertz CT molecular complexity index is 1750. The first-order valence-corrected chi connectivity index (χ1v) is 41.5. The van der Waals surface area contributed by atoms with E-state index < -0.39 is 18.4 Å². The van der Waals surface area contributed by atoms with Gasteiger partial charge in [0.05, 0.1) is 34.4 Å². The molecule has 9 heteroatoms. The number of unbranched alkanes of at least 4 members (excludes halogenated alkanes) is 53. The fourth-order valence-corrected chi connectivity index (χ4v) is 12.5. The maximum atomic E-state index is 13.0. The molecule has 0 heterocycles. The highest BCUT2D eigenvalue weighted by atomic mass is 16.7. The Kier molecular flexibility index (Phi) is 74.3. The molecule has 0 fully saturated rings. The number of hydrogen-bond acceptors (Lipinski definition) is 7. The van der Waals surface area contributed by atoms with Crippen LogP contribution in [0.5, 0.6) is 0 Å². The Hall–Kier alpha value is -3.01. The molecule has 556 valence electrons. The average molecular weight is 1340 g/mol. The number of likely N-dealkylation sites (N-methyl/N-ethyl adjacent to an activating group) is 1. The van der Waals surface area contributed by atoms with Crippen LogP contribution in [-0.4, -0.2) is 87.4 Å². The van der Waals surface area contributed by atoms with Gasteiger partial charge in [0, 0.05) is 12.8 Å². The number of nitrogens with zero attached hydrogens (tertiary/aromatic N) is 1. The predicted molar refractivity (Wildman–Crippen MR) is 410 cm³/mol. The van der Waals surface area contributed by atoms with Gasteiger partial charge in [0.25, 0.3) is 6.29 Å². The highest BCUT2D eigenvalue weighted by Crippen LogP contribution is 2.20. The number of hydrogen-bond donors (Lipinski definition) is 1. The van der Waals surface area contributed by atoms with Crippen molar-refractivity contribution in [2.75, 3.05) is 47.5 Å². The van der Waals surface area contributed by atoms with Crippen LogP contribution in [-0.2, 0) is 33.3 Å². The molecule has 0 radical (unpaired) electrons. The van der Waals surface area contributed by atoms with Crippen LogP contribution in [0.3, 0.4) is 0 Å². The van der Waals surface area contributed by atoms with Crippen LogP contribution < -0.4 is 0 Å². The molecule has 9 nitrogen and oxygen atoms in total. The van der Waals surface area contributed by atoms with Gasteiger partial charge in [-0.05, 0) is 57.8 Å². The van der Waals surface area contributed by atoms with Crippen LogP contribution >= 0.6 is 0 Å². The molecule has 0 aliphatic carbocycles. The molecule has 0 aromatic rings. The molecular weight excluding hydrogens is 1170 g/mol. The molecule has 0 aliphatic rings. The summed E-state index contributed by atoms with van der Waals surface area (Å²) < 4.78 is 23.1. The van der Waals surface area contributed by atoms with Crippen LogP contribution in [0, 0.1) is 0 Å². The Balaban J connectivity index is 3.95. The van der Waals surface area contributed by atoms with Gasteiger partial charge in [-0.1, -0.05) is 402 Å². The van der Waals surface area contributed by atoms with E-state index in [1.165, 1.54) is 315 Å². The summed E-state index contributed by atoms with van der Waals surface area (Å²) in [5.41, 5.74) is 0. The lowest BCUT2D eigenvalue weighted by molar-refractivity contribution is -0.870. The van der Waals surface area contributed by atoms with Crippen molar-refractivity contribution in [2.24, 2.45) is 0 Å². The third kappa shape index (κ3) is 78.2. The molecular formula is C86H160NO8+. The van der Waals surface area contributed by atoms with Crippen molar-refractivity contribution in [1.82, 2.24) is 0 Å². The van der Waals surface area contributed by atoms with Crippen molar-refractivity contribution in [3.8, 4) is 0 Å². The normalized spacial score (nSPS) is 12.9. The second-order valence-electron chi connectivity index (χ2n) is 29.4. The van der Waals surface area contributed by atoms with Crippen molar-refractivity contribution in [3.63, 3.8) is 0 Å². The molecule has 0 aromatic carbocycles. The molecule has 0 saturated carbocycles. The Labute approximate surface area is 590 Å². The summed E-state index contributed by atoms with van der Waals surface area (Å²) >= 11 is 0. The molecule has 0 spiro atoms. The molecule has 2 atom stereocenters. The van der Waals surface area contributed by atoms with Crippen LogP contribution in [0.1, 0.15) is 412 Å². The zero-order valence-electron chi connectivity index (χ0n) is 63.8. The lowest BCUT2D eigenvalue weighted by Crippen LogP contribution is -2.40. The zero-order valence-corrected chi connectivity index (χ0v) is 63.8. The number of allylic oxidation sites excluding steroid dienone is 10. The minimum Gasteiger partial charge on any atom is -0.477 e. The van der Waals surface area contributed by atoms with Crippen LogP contribution in [0.4, 0.5) is 0 Å². The van der Waals surface area contributed by atoms with Gasteiger partial charge < -0.3 is 28.5 Å². The van der Waals surface area contributed by atoms with Crippen LogP contribution in [0.15, 0.2) is 60.8 Å². The molecule has 0 bridgehead atoms. The van der Waals surface area contributed by atoms with E-state index in [-0.39, 0.29) is 38.2 Å². The summed E-state index contributed by atoms with van der Waals surface area (Å²) in [6.45, 7) is 4.84. The first kappa shape index (κ1) is 92.0. The van der Waals surface area contributed by atoms with Gasteiger partial charge in [-0.25, -0.2) is 4.79 Å². The summed E-state index contributed by atoms with van der Waals surface area (Å²) in [6, 6.07) is 0. The molecule has 1 N–H and O–H groups in total. The number of carboxylic acids is 1. The largest absolute Gasteiger partial charge is 0.477 e. The molecule has 0 aromatic heterocycles. The van der Waals surface area contributed by atoms with Gasteiger partial charge >= 0.3 is 17.9 Å². The Morgan fingerprint density at radius 1 is 0.326 bits per heavy atom. The average Bonchev–Trinajstić information content (AvgIpc) is 3.75. The quantitative estimate of drug-likeness (QED) is 0.0211. The molecule has 95 heavy (non-hydrogen) atoms. The molecule has 0 saturated heterocycles. The number of ether oxygens (including phenoxy) is 4. The summed E-state index contributed by atoms with van der Waals surface area (Å²) in [5, 5.41) is 9.78. The maximum Gasteiger partial charge on any atom is 0.361 e. The first-order valence-electron chi connectivity index (χ1n) is 41.5. The van der Waals surface area contributed by atoms with E-state index in [2.05, 4.69) is 74.6 Å². The minimum absolute atomic E-state index is 0.177. The van der Waals surface area contributed by atoms with Crippen molar-refractivity contribution < 1.29 is 42.9 Å². The van der Waals surface area contributed by atoms with Gasteiger partial charge in [-0.3, -0.25) is 9.59 Å². The van der Waals surface area contributed by atoms with Crippen LogP contribution in [0.25, 0.3) is 0 Å². The van der Waals surface area contributed by atoms with E-state index in [4.69, 9.17) is 18.9 Å². The van der Waals surface area contributed by atoms with Crippen LogP contribution in [0.2, 0.25) is 0 Å². The smallest absolute Gasteiger partial charge is 0.361 e. The van der Waals surface area contributed by atoms with E-state index in [0.29, 0.717) is 17.4 Å². The number of carbonyl (C=O) groups is 3. The van der Waals surface area contributed by atoms with Crippen molar-refractivity contribution in [3.05, 3.63) is 60.8 Å². The van der Waals surface area contributed by atoms with Gasteiger partial charge in [-0.2, -0.15) is 0 Å². The third-order valence-corrected chi connectivity index (χ3v) is 18.8. The van der Waals surface area contributed by atoms with Gasteiger partial charge in [0.1, 0.15) is 13.2 Å². The van der Waals surface area contributed by atoms with Gasteiger partial charge in [-0.15, -0.1) is 0 Å². The van der Waals surface area contributed by atoms with E-state index in [1.807, 2.05) is 21.1 Å². The molecule has 0 aliphatic heterocycles. The number of carboxylic acid groups (broad SMARTS) is 1. The predicted octanol–water partition coefficient (Wildman–Crippen LogP) is 26.6. The van der Waals surface area contributed by atoms with Crippen molar-refractivity contribution in [2.45, 2.75) is 424 Å². The summed E-state index contributed by atoms with van der Waals surface area (Å²) in [4.78, 5) is 37.8. The molecule has 2 unspecified atom stereocenters. The lowest BCUT2D eigenvalue weighted by Gasteiger charge is -2.25. The fourth-order valence-electron chi connectivity index (χ4n) is 12.5. The Morgan fingerprint density at radius 2 is 0.600 bits per heavy atom. The molecule has 0 rings (SSSR count). The number of quaternary nitrogens is 1. The van der Waals surface area contributed by atoms with E-state index in [9.17, 15) is 19.5 Å². The fraction of sp³-hybridized carbons (Fsp3) is 0.849. The Morgan fingerprint density at radius 3 is 0.895 bits per heavy atom. The maximum absolute atomic E-state index is 13.0. The highest BCUT2D eigenvalue weighted by molar-refractivity contribution is 5.71. The summed E-state index contributed by atoms with van der Waals surface area (Å²) in [7, 11) is 6.00. The van der Waals surface area contributed by atoms with Crippen molar-refractivity contribution in [1.29, 1.82) is 0 Å². The monoisotopic (exact) mass is 1340 g/mol. The standard InChI is InChI=1S/C86H159NO8/c1-6-8-10-12-14-16-18-20-22-24-26-28-30-32-34-36-38-40-41-42-43-45-46-48-50-52-54-56-58-60-62-64-66-68-70-72-74-76-83(88)93-80-82(81-94-86(85(90)91)92-79-78-87(3,4)5)95-84(89)77-75-73-71-69-67-65-63-61-59-57-55-53-51-49-47-44-39-37-35-33-31-29-27-25-23-21-19-17-15-13-11-9-7-2/h9,11,15,17,21,23,27,29,33,35,82,86H,6-8,10,12-14,16,18-20,22,24-26,28,30-32,34,36-81H2,1-5H3/p+1/b11-9-,17-15-,23-21-,29-27-,35-33-. The van der Waals surface area contributed by atoms with Crippen molar-refractivity contribution >= 4 is 17.9 Å². The minimum atomic E-state index is -1.51.